The summed E-state index contributed by atoms with van der Waals surface area (Å²) in [5.74, 6) is -0.796. The molecule has 5 rings (SSSR count). The summed E-state index contributed by atoms with van der Waals surface area (Å²) in [6.45, 7) is 0.123. The summed E-state index contributed by atoms with van der Waals surface area (Å²) in [6, 6.07) is 10.3. The lowest BCUT2D eigenvalue weighted by Gasteiger charge is -2.47. The minimum Gasteiger partial charge on any atom is -0.461 e. The summed E-state index contributed by atoms with van der Waals surface area (Å²) < 4.78 is 16.9. The van der Waals surface area contributed by atoms with E-state index in [0.29, 0.717) is 42.3 Å². The predicted octanol–water partition coefficient (Wildman–Crippen LogP) is 2.85. The normalized spacial score (nSPS) is 28.1. The minimum atomic E-state index is -1.56. The molecule has 2 heterocycles. The van der Waals surface area contributed by atoms with Crippen LogP contribution in [0.4, 0.5) is 0 Å². The van der Waals surface area contributed by atoms with Crippen molar-refractivity contribution >= 4 is 5.78 Å². The number of hydrogen-bond donors (Lipinski definition) is 2. The van der Waals surface area contributed by atoms with Crippen LogP contribution in [0.1, 0.15) is 36.3 Å². The Morgan fingerprint density at radius 2 is 1.81 bits per heavy atom. The van der Waals surface area contributed by atoms with Crippen LogP contribution >= 0.6 is 0 Å². The Bertz CT molecular complexity index is 907. The van der Waals surface area contributed by atoms with Crippen LogP contribution in [0.25, 0.3) is 0 Å². The summed E-state index contributed by atoms with van der Waals surface area (Å²) in [4.78, 5) is 17.1. The van der Waals surface area contributed by atoms with Gasteiger partial charge in [-0.05, 0) is 30.2 Å². The molecule has 2 N–H and O–H groups in total. The molecule has 7 nitrogen and oxygen atoms in total. The topological polar surface area (TPSA) is 94.5 Å². The first-order valence-corrected chi connectivity index (χ1v) is 8.88. The molecule has 7 heteroatoms. The van der Waals surface area contributed by atoms with E-state index in [9.17, 15) is 9.90 Å². The Morgan fingerprint density at radius 1 is 1.07 bits per heavy atom. The summed E-state index contributed by atoms with van der Waals surface area (Å²) in [5, 5.41) is 20.0. The Kier molecular flexibility index (Phi) is 3.57. The van der Waals surface area contributed by atoms with Crippen LogP contribution < -0.4 is 19.1 Å². The molecule has 3 unspecified atom stereocenters. The van der Waals surface area contributed by atoms with E-state index in [1.165, 1.54) is 0 Å². The Balaban J connectivity index is 1.70. The van der Waals surface area contributed by atoms with Crippen molar-refractivity contribution in [2.45, 2.75) is 31.0 Å². The SMILES string of the molecule is O=C1CCCC2(O)Oc3cc4c(cc3C(c3ccc(OO)cc3)C12)OCO4. The fourth-order valence-electron chi connectivity index (χ4n) is 4.39. The molecular weight excluding hydrogens is 352 g/mol. The monoisotopic (exact) mass is 370 g/mol. The Hall–Kier alpha value is -2.77. The van der Waals surface area contributed by atoms with Gasteiger partial charge in [-0.3, -0.25) is 4.79 Å². The Morgan fingerprint density at radius 3 is 2.56 bits per heavy atom. The van der Waals surface area contributed by atoms with Gasteiger partial charge in [0.05, 0.1) is 5.92 Å². The smallest absolute Gasteiger partial charge is 0.231 e. The average molecular weight is 370 g/mol. The number of carbonyl (C=O) groups is 1. The van der Waals surface area contributed by atoms with Crippen LogP contribution in [0.15, 0.2) is 36.4 Å². The van der Waals surface area contributed by atoms with Gasteiger partial charge in [-0.25, -0.2) is 5.26 Å². The third-order valence-corrected chi connectivity index (χ3v) is 5.60. The summed E-state index contributed by atoms with van der Waals surface area (Å²) in [6.07, 6.45) is 1.37. The first-order valence-electron chi connectivity index (χ1n) is 8.88. The molecule has 140 valence electrons. The largest absolute Gasteiger partial charge is 0.461 e. The molecule has 0 aromatic heterocycles. The molecule has 0 bridgehead atoms. The summed E-state index contributed by atoms with van der Waals surface area (Å²) >= 11 is 0. The van der Waals surface area contributed by atoms with E-state index in [0.717, 1.165) is 11.1 Å². The molecule has 1 fully saturated rings. The number of Topliss-reactive ketones (excluding diaryl/α,β-unsaturated/α-hetero) is 1. The van der Waals surface area contributed by atoms with E-state index in [-0.39, 0.29) is 12.6 Å². The zero-order valence-corrected chi connectivity index (χ0v) is 14.4. The minimum absolute atomic E-state index is 0.0282. The molecule has 2 aliphatic heterocycles. The van der Waals surface area contributed by atoms with Crippen LogP contribution in [-0.4, -0.2) is 28.7 Å². The van der Waals surface area contributed by atoms with Gasteiger partial charge in [-0.2, -0.15) is 0 Å². The fraction of sp³-hybridized carbons (Fsp3) is 0.350. The van der Waals surface area contributed by atoms with Gasteiger partial charge < -0.3 is 24.2 Å². The lowest BCUT2D eigenvalue weighted by Crippen LogP contribution is -2.55. The van der Waals surface area contributed by atoms with E-state index in [4.69, 9.17) is 19.5 Å². The maximum atomic E-state index is 12.8. The van der Waals surface area contributed by atoms with Gasteiger partial charge in [0.15, 0.2) is 17.2 Å². The maximum absolute atomic E-state index is 12.8. The molecule has 27 heavy (non-hydrogen) atoms. The molecule has 3 aliphatic rings. The second-order valence-electron chi connectivity index (χ2n) is 7.13. The van der Waals surface area contributed by atoms with Crippen molar-refractivity contribution in [2.24, 2.45) is 5.92 Å². The molecule has 0 amide bonds. The number of ether oxygens (including phenoxy) is 3. The van der Waals surface area contributed by atoms with Crippen molar-refractivity contribution < 1.29 is 34.3 Å². The number of fused-ring (bicyclic) bond motifs is 3. The molecule has 0 radical (unpaired) electrons. The number of ketones is 1. The van der Waals surface area contributed by atoms with Crippen LogP contribution in [0, 0.1) is 5.92 Å². The highest BCUT2D eigenvalue weighted by Gasteiger charge is 2.55. The highest BCUT2D eigenvalue weighted by Crippen LogP contribution is 2.54. The molecule has 1 aliphatic carbocycles. The quantitative estimate of drug-likeness (QED) is 0.620. The fourth-order valence-corrected chi connectivity index (χ4v) is 4.39. The van der Waals surface area contributed by atoms with Crippen molar-refractivity contribution in [3.05, 3.63) is 47.5 Å². The van der Waals surface area contributed by atoms with E-state index < -0.39 is 17.6 Å². The molecule has 1 saturated carbocycles. The second-order valence-corrected chi connectivity index (χ2v) is 7.13. The van der Waals surface area contributed by atoms with E-state index in [1.54, 1.807) is 30.3 Å². The van der Waals surface area contributed by atoms with Crippen LogP contribution in [0.5, 0.6) is 23.0 Å². The summed E-state index contributed by atoms with van der Waals surface area (Å²) in [7, 11) is 0. The van der Waals surface area contributed by atoms with Gasteiger partial charge in [0.2, 0.25) is 12.6 Å². The van der Waals surface area contributed by atoms with Crippen LogP contribution in [-0.2, 0) is 4.79 Å². The molecule has 2 aromatic carbocycles. The molecule has 0 saturated heterocycles. The average Bonchev–Trinajstić information content (AvgIpc) is 3.12. The van der Waals surface area contributed by atoms with E-state index >= 15 is 0 Å². The van der Waals surface area contributed by atoms with Gasteiger partial charge in [0.25, 0.3) is 0 Å². The molecule has 0 spiro atoms. The first-order chi connectivity index (χ1) is 13.1. The zero-order valence-electron chi connectivity index (χ0n) is 14.4. The van der Waals surface area contributed by atoms with Gasteiger partial charge in [0.1, 0.15) is 11.5 Å². The van der Waals surface area contributed by atoms with Crippen molar-refractivity contribution in [2.75, 3.05) is 6.79 Å². The highest BCUT2D eigenvalue weighted by atomic mass is 17.1. The molecule has 2 aromatic rings. The molecule has 3 atom stereocenters. The standard InChI is InChI=1S/C20H18O7/c21-14-2-1-7-20(22)19(14)18(11-3-5-12(27-23)6-4-11)13-8-16-17(25-10-24-16)9-15(13)26-20/h3-6,8-9,18-19,22-23H,1-2,7,10H2. The van der Waals surface area contributed by atoms with Crippen molar-refractivity contribution in [3.63, 3.8) is 0 Å². The van der Waals surface area contributed by atoms with Crippen molar-refractivity contribution in [1.29, 1.82) is 0 Å². The first kappa shape index (κ1) is 16.4. The van der Waals surface area contributed by atoms with E-state index in [1.807, 2.05) is 6.07 Å². The lowest BCUT2D eigenvalue weighted by molar-refractivity contribution is -0.206. The number of hydrogen-bond acceptors (Lipinski definition) is 7. The number of carbonyl (C=O) groups excluding carboxylic acids is 1. The van der Waals surface area contributed by atoms with Gasteiger partial charge >= 0.3 is 0 Å². The van der Waals surface area contributed by atoms with Crippen molar-refractivity contribution in [3.8, 4) is 23.0 Å². The van der Waals surface area contributed by atoms with Gasteiger partial charge in [-0.1, -0.05) is 12.1 Å². The predicted molar refractivity (Wildman–Crippen MR) is 92.0 cm³/mol. The number of aliphatic hydroxyl groups is 1. The summed E-state index contributed by atoms with van der Waals surface area (Å²) in [5.41, 5.74) is 1.58. The lowest BCUT2D eigenvalue weighted by atomic mass is 9.67. The van der Waals surface area contributed by atoms with Crippen LogP contribution in [0.2, 0.25) is 0 Å². The van der Waals surface area contributed by atoms with E-state index in [2.05, 4.69) is 4.89 Å². The maximum Gasteiger partial charge on any atom is 0.231 e. The second kappa shape index (κ2) is 5.87. The van der Waals surface area contributed by atoms with Crippen molar-refractivity contribution in [1.82, 2.24) is 0 Å². The highest BCUT2D eigenvalue weighted by molar-refractivity contribution is 5.85. The third-order valence-electron chi connectivity index (χ3n) is 5.60. The number of rotatable bonds is 2. The third kappa shape index (κ3) is 2.46. The number of benzene rings is 2. The van der Waals surface area contributed by atoms with Crippen LogP contribution in [0.3, 0.4) is 0 Å². The Labute approximate surface area is 155 Å². The molecular formula is C20H18O7. The van der Waals surface area contributed by atoms with Gasteiger partial charge in [-0.15, -0.1) is 0 Å². The zero-order chi connectivity index (χ0) is 18.6. The van der Waals surface area contributed by atoms with Gasteiger partial charge in [0, 0.05) is 30.4 Å².